The Bertz CT molecular complexity index is 581. The Morgan fingerprint density at radius 2 is 2.19 bits per heavy atom. The van der Waals surface area contributed by atoms with Crippen LogP contribution in [0.25, 0.3) is 6.08 Å². The van der Waals surface area contributed by atoms with E-state index in [-0.39, 0.29) is 11.9 Å². The van der Waals surface area contributed by atoms with Crippen molar-refractivity contribution in [1.29, 1.82) is 0 Å². The summed E-state index contributed by atoms with van der Waals surface area (Å²) in [5.41, 5.74) is 2.18. The number of carboxylic acid groups (broad SMARTS) is 1. The molecule has 0 aromatic heterocycles. The molecule has 0 aliphatic carbocycles. The number of hydrogen-bond acceptors (Lipinski definition) is 3. The van der Waals surface area contributed by atoms with Crippen LogP contribution in [0, 0.1) is 6.92 Å². The lowest BCUT2D eigenvalue weighted by molar-refractivity contribution is -0.131. The van der Waals surface area contributed by atoms with E-state index in [9.17, 15) is 9.59 Å². The molecular weight excluding hydrogens is 268 g/mol. The largest absolute Gasteiger partial charge is 0.478 e. The highest BCUT2D eigenvalue weighted by Gasteiger charge is 2.22. The minimum absolute atomic E-state index is 0.0987. The first-order valence-electron chi connectivity index (χ1n) is 6.97. The van der Waals surface area contributed by atoms with Crippen molar-refractivity contribution in [1.82, 2.24) is 10.2 Å². The molecule has 1 unspecified atom stereocenters. The van der Waals surface area contributed by atoms with E-state index in [2.05, 4.69) is 10.2 Å². The second kappa shape index (κ2) is 6.54. The highest BCUT2D eigenvalue weighted by atomic mass is 16.4. The number of aryl methyl sites for hydroxylation is 1. The van der Waals surface area contributed by atoms with Gasteiger partial charge >= 0.3 is 5.97 Å². The van der Waals surface area contributed by atoms with Gasteiger partial charge in [0, 0.05) is 24.2 Å². The minimum atomic E-state index is -1.00. The molecule has 5 nitrogen and oxygen atoms in total. The van der Waals surface area contributed by atoms with Crippen molar-refractivity contribution in [3.63, 3.8) is 0 Å². The molecule has 1 amide bonds. The maximum Gasteiger partial charge on any atom is 0.328 e. The molecule has 1 atom stereocenters. The molecule has 0 radical (unpaired) electrons. The molecule has 112 valence electrons. The fourth-order valence-corrected chi connectivity index (χ4v) is 2.47. The number of hydrogen-bond donors (Lipinski definition) is 2. The van der Waals surface area contributed by atoms with Crippen molar-refractivity contribution in [3.8, 4) is 0 Å². The normalized spacial score (nSPS) is 19.0. The van der Waals surface area contributed by atoms with E-state index < -0.39 is 5.97 Å². The summed E-state index contributed by atoms with van der Waals surface area (Å²) in [7, 11) is 2.04. The number of carboxylic acids is 1. The van der Waals surface area contributed by atoms with E-state index in [0.717, 1.165) is 31.1 Å². The van der Waals surface area contributed by atoms with Crippen LogP contribution in [0.3, 0.4) is 0 Å². The molecular formula is C16H20N2O3. The van der Waals surface area contributed by atoms with Gasteiger partial charge in [-0.15, -0.1) is 0 Å². The van der Waals surface area contributed by atoms with Crippen LogP contribution in [0.4, 0.5) is 0 Å². The van der Waals surface area contributed by atoms with Gasteiger partial charge in [0.15, 0.2) is 0 Å². The van der Waals surface area contributed by atoms with E-state index in [4.69, 9.17) is 5.11 Å². The van der Waals surface area contributed by atoms with Gasteiger partial charge in [-0.2, -0.15) is 0 Å². The van der Waals surface area contributed by atoms with E-state index in [1.165, 1.54) is 6.08 Å². The van der Waals surface area contributed by atoms with Crippen molar-refractivity contribution in [2.24, 2.45) is 0 Å². The highest BCUT2D eigenvalue weighted by molar-refractivity contribution is 5.96. The number of aliphatic carboxylic acids is 1. The number of carbonyl (C=O) groups is 2. The van der Waals surface area contributed by atoms with Crippen molar-refractivity contribution in [2.45, 2.75) is 19.4 Å². The lowest BCUT2D eigenvalue weighted by Gasteiger charge is -2.14. The average Bonchev–Trinajstić information content (AvgIpc) is 2.83. The second-order valence-corrected chi connectivity index (χ2v) is 5.47. The number of amides is 1. The number of rotatable bonds is 4. The number of nitrogens with zero attached hydrogens (tertiary/aromatic N) is 1. The maximum absolute atomic E-state index is 12.3. The first-order chi connectivity index (χ1) is 9.95. The molecule has 1 saturated heterocycles. The summed E-state index contributed by atoms with van der Waals surface area (Å²) in [6.07, 6.45) is 3.51. The van der Waals surface area contributed by atoms with E-state index in [1.54, 1.807) is 12.1 Å². The fourth-order valence-electron chi connectivity index (χ4n) is 2.47. The number of nitrogens with one attached hydrogen (secondary N) is 1. The van der Waals surface area contributed by atoms with Crippen LogP contribution < -0.4 is 5.32 Å². The van der Waals surface area contributed by atoms with Gasteiger partial charge < -0.3 is 15.3 Å². The van der Waals surface area contributed by atoms with Gasteiger partial charge in [0.05, 0.1) is 0 Å². The third-order valence-electron chi connectivity index (χ3n) is 3.65. The molecule has 0 saturated carbocycles. The highest BCUT2D eigenvalue weighted by Crippen LogP contribution is 2.14. The van der Waals surface area contributed by atoms with Crippen molar-refractivity contribution in [2.75, 3.05) is 20.1 Å². The van der Waals surface area contributed by atoms with Crippen LogP contribution in [-0.2, 0) is 4.79 Å². The third-order valence-corrected chi connectivity index (χ3v) is 3.65. The zero-order chi connectivity index (χ0) is 15.4. The number of carbonyl (C=O) groups excluding carboxylic acids is 1. The SMILES string of the molecule is Cc1ccc(C=CC(=O)O)cc1C(=O)NC1CCN(C)C1. The summed E-state index contributed by atoms with van der Waals surface area (Å²) in [5.74, 6) is -1.10. The Hall–Kier alpha value is -2.14. The molecule has 0 bridgehead atoms. The fraction of sp³-hybridized carbons (Fsp3) is 0.375. The lowest BCUT2D eigenvalue weighted by Crippen LogP contribution is -2.36. The molecule has 1 aromatic carbocycles. The lowest BCUT2D eigenvalue weighted by atomic mass is 10.0. The van der Waals surface area contributed by atoms with Gasteiger partial charge in [-0.25, -0.2) is 4.79 Å². The molecule has 1 aliphatic heterocycles. The van der Waals surface area contributed by atoms with Gasteiger partial charge in [0.2, 0.25) is 0 Å². The molecule has 0 spiro atoms. The quantitative estimate of drug-likeness (QED) is 0.824. The minimum Gasteiger partial charge on any atom is -0.478 e. The molecule has 1 aliphatic rings. The zero-order valence-electron chi connectivity index (χ0n) is 12.3. The van der Waals surface area contributed by atoms with Crippen molar-refractivity contribution in [3.05, 3.63) is 41.0 Å². The Morgan fingerprint density at radius 1 is 1.43 bits per heavy atom. The van der Waals surface area contributed by atoms with Crippen LogP contribution in [0.1, 0.15) is 27.9 Å². The zero-order valence-corrected chi connectivity index (χ0v) is 12.3. The van der Waals surface area contributed by atoms with Crippen LogP contribution in [0.2, 0.25) is 0 Å². The van der Waals surface area contributed by atoms with Gasteiger partial charge in [-0.3, -0.25) is 4.79 Å². The van der Waals surface area contributed by atoms with E-state index in [1.807, 2.05) is 20.0 Å². The number of likely N-dealkylation sites (N-methyl/N-ethyl adjacent to an activating group) is 1. The van der Waals surface area contributed by atoms with Gasteiger partial charge in [-0.05, 0) is 50.2 Å². The Kier molecular flexibility index (Phi) is 4.75. The molecule has 2 rings (SSSR count). The van der Waals surface area contributed by atoms with Gasteiger partial charge in [0.1, 0.15) is 0 Å². The van der Waals surface area contributed by atoms with Crippen LogP contribution in [0.5, 0.6) is 0 Å². The summed E-state index contributed by atoms with van der Waals surface area (Å²) in [6.45, 7) is 3.73. The van der Waals surface area contributed by atoms with E-state index in [0.29, 0.717) is 11.1 Å². The Labute approximate surface area is 124 Å². The topological polar surface area (TPSA) is 69.6 Å². The van der Waals surface area contributed by atoms with Crippen molar-refractivity contribution < 1.29 is 14.7 Å². The molecule has 2 N–H and O–H groups in total. The molecule has 1 fully saturated rings. The first-order valence-corrected chi connectivity index (χ1v) is 6.97. The van der Waals surface area contributed by atoms with Crippen LogP contribution >= 0.6 is 0 Å². The Balaban J connectivity index is 2.12. The molecule has 1 aromatic rings. The standard InChI is InChI=1S/C16H20N2O3/c1-11-3-4-12(5-6-15(19)20)9-14(11)16(21)17-13-7-8-18(2)10-13/h3-6,9,13H,7-8,10H2,1-2H3,(H,17,21)(H,19,20). The van der Waals surface area contributed by atoms with Crippen LogP contribution in [0.15, 0.2) is 24.3 Å². The summed E-state index contributed by atoms with van der Waals surface area (Å²) in [5, 5.41) is 11.7. The predicted octanol–water partition coefficient (Wildman–Crippen LogP) is 1.53. The van der Waals surface area contributed by atoms with Crippen LogP contribution in [-0.4, -0.2) is 48.1 Å². The monoisotopic (exact) mass is 288 g/mol. The summed E-state index contributed by atoms with van der Waals surface area (Å²) in [4.78, 5) is 25.1. The number of likely N-dealkylation sites (tertiary alicyclic amines) is 1. The molecule has 5 heteroatoms. The average molecular weight is 288 g/mol. The third kappa shape index (κ3) is 4.16. The second-order valence-electron chi connectivity index (χ2n) is 5.47. The summed E-state index contributed by atoms with van der Waals surface area (Å²) in [6, 6.07) is 5.54. The predicted molar refractivity (Wildman–Crippen MR) is 81.2 cm³/mol. The summed E-state index contributed by atoms with van der Waals surface area (Å²) < 4.78 is 0. The smallest absolute Gasteiger partial charge is 0.328 e. The van der Waals surface area contributed by atoms with Crippen molar-refractivity contribution >= 4 is 18.0 Å². The Morgan fingerprint density at radius 3 is 2.81 bits per heavy atom. The maximum atomic E-state index is 12.3. The summed E-state index contributed by atoms with van der Waals surface area (Å²) >= 11 is 0. The number of benzene rings is 1. The molecule has 21 heavy (non-hydrogen) atoms. The van der Waals surface area contributed by atoms with Gasteiger partial charge in [-0.1, -0.05) is 12.1 Å². The van der Waals surface area contributed by atoms with Gasteiger partial charge in [0.25, 0.3) is 5.91 Å². The first kappa shape index (κ1) is 15.3. The van der Waals surface area contributed by atoms with E-state index >= 15 is 0 Å². The molecule has 1 heterocycles.